The van der Waals surface area contributed by atoms with Crippen LogP contribution in [0.3, 0.4) is 0 Å². The van der Waals surface area contributed by atoms with Gasteiger partial charge < -0.3 is 9.47 Å². The number of unbranched alkanes of at least 4 members (excludes halogenated alkanes) is 1. The lowest BCUT2D eigenvalue weighted by Crippen LogP contribution is -2.33. The second-order valence-electron chi connectivity index (χ2n) is 8.89. The largest absolute Gasteiger partial charge is 0.350 e. The van der Waals surface area contributed by atoms with Crippen molar-refractivity contribution in [3.63, 3.8) is 0 Å². The number of rotatable bonds is 11. The SMILES string of the molecule is CC(CCCCC1OCCO1)CC[P+](c1ccccc1)(c1ccccc1)c1ccccc1. The summed E-state index contributed by atoms with van der Waals surface area (Å²) in [7, 11) is -1.70. The van der Waals surface area contributed by atoms with E-state index in [-0.39, 0.29) is 6.29 Å². The summed E-state index contributed by atoms with van der Waals surface area (Å²) in [5, 5.41) is 4.46. The zero-order chi connectivity index (χ0) is 22.1. The van der Waals surface area contributed by atoms with Gasteiger partial charge in [0.05, 0.1) is 19.4 Å². The first kappa shape index (κ1) is 23.2. The van der Waals surface area contributed by atoms with Gasteiger partial charge in [0.25, 0.3) is 0 Å². The molecule has 2 nitrogen and oxygen atoms in total. The molecule has 168 valence electrons. The molecule has 3 aromatic carbocycles. The highest BCUT2D eigenvalue weighted by atomic mass is 31.2. The fraction of sp³-hybridized carbons (Fsp3) is 0.379. The molecule has 1 unspecified atom stereocenters. The molecule has 1 aliphatic rings. The lowest BCUT2D eigenvalue weighted by molar-refractivity contribution is -0.0481. The molecule has 0 bridgehead atoms. The van der Waals surface area contributed by atoms with Gasteiger partial charge in [-0.3, -0.25) is 0 Å². The zero-order valence-electron chi connectivity index (χ0n) is 19.2. The lowest BCUT2D eigenvalue weighted by Gasteiger charge is -2.28. The molecule has 1 saturated heterocycles. The van der Waals surface area contributed by atoms with Gasteiger partial charge in [-0.2, -0.15) is 0 Å². The Morgan fingerprint density at radius 3 is 1.62 bits per heavy atom. The van der Waals surface area contributed by atoms with Crippen LogP contribution < -0.4 is 15.9 Å². The van der Waals surface area contributed by atoms with Gasteiger partial charge in [0.1, 0.15) is 23.2 Å². The monoisotopic (exact) mass is 447 g/mol. The molecule has 0 radical (unpaired) electrons. The summed E-state index contributed by atoms with van der Waals surface area (Å²) < 4.78 is 11.2. The molecule has 32 heavy (non-hydrogen) atoms. The molecular formula is C29H36O2P+. The summed E-state index contributed by atoms with van der Waals surface area (Å²) in [5.41, 5.74) is 0. The molecule has 0 aromatic heterocycles. The Kier molecular flexibility index (Phi) is 8.51. The van der Waals surface area contributed by atoms with Crippen molar-refractivity contribution in [3.8, 4) is 0 Å². The summed E-state index contributed by atoms with van der Waals surface area (Å²) >= 11 is 0. The van der Waals surface area contributed by atoms with Crippen LogP contribution in [0.4, 0.5) is 0 Å². The molecular weight excluding hydrogens is 411 g/mol. The molecule has 4 rings (SSSR count). The zero-order valence-corrected chi connectivity index (χ0v) is 20.1. The number of benzene rings is 3. The van der Waals surface area contributed by atoms with Crippen LogP contribution in [0.1, 0.15) is 39.0 Å². The van der Waals surface area contributed by atoms with Crippen molar-refractivity contribution >= 4 is 23.2 Å². The van der Waals surface area contributed by atoms with E-state index in [1.54, 1.807) is 0 Å². The maximum Gasteiger partial charge on any atom is 0.157 e. The average Bonchev–Trinajstić information content (AvgIpc) is 3.38. The van der Waals surface area contributed by atoms with E-state index in [1.165, 1.54) is 47.8 Å². The lowest BCUT2D eigenvalue weighted by atomic mass is 10.0. The predicted octanol–water partition coefficient (Wildman–Crippen LogP) is 5.94. The van der Waals surface area contributed by atoms with Crippen molar-refractivity contribution in [1.29, 1.82) is 0 Å². The van der Waals surface area contributed by atoms with Crippen LogP contribution in [0, 0.1) is 5.92 Å². The Bertz CT molecular complexity index is 811. The third kappa shape index (κ3) is 5.67. The quantitative estimate of drug-likeness (QED) is 0.268. The molecule has 0 amide bonds. The van der Waals surface area contributed by atoms with Crippen molar-refractivity contribution < 1.29 is 9.47 Å². The normalized spacial score (nSPS) is 15.7. The van der Waals surface area contributed by atoms with Crippen LogP contribution in [-0.2, 0) is 9.47 Å². The fourth-order valence-corrected chi connectivity index (χ4v) is 9.36. The number of ether oxygens (including phenoxy) is 2. The molecule has 1 heterocycles. The molecule has 0 N–H and O–H groups in total. The Balaban J connectivity index is 1.51. The van der Waals surface area contributed by atoms with E-state index in [1.807, 2.05) is 0 Å². The maximum absolute atomic E-state index is 5.58. The van der Waals surface area contributed by atoms with Crippen LogP contribution in [0.5, 0.6) is 0 Å². The van der Waals surface area contributed by atoms with Gasteiger partial charge >= 0.3 is 0 Å². The summed E-state index contributed by atoms with van der Waals surface area (Å²) in [6.07, 6.45) is 7.22. The number of hydrogen-bond acceptors (Lipinski definition) is 2. The van der Waals surface area contributed by atoms with Crippen molar-refractivity contribution in [2.24, 2.45) is 5.92 Å². The first-order chi connectivity index (χ1) is 15.8. The predicted molar refractivity (Wildman–Crippen MR) is 138 cm³/mol. The molecule has 1 atom stereocenters. The first-order valence-corrected chi connectivity index (χ1v) is 14.0. The Hall–Kier alpha value is -1.99. The second kappa shape index (κ2) is 11.8. The van der Waals surface area contributed by atoms with Crippen LogP contribution in [0.25, 0.3) is 0 Å². The first-order valence-electron chi connectivity index (χ1n) is 12.1. The van der Waals surface area contributed by atoms with Crippen molar-refractivity contribution in [2.45, 2.75) is 45.3 Å². The standard InChI is InChI=1S/C29H36O2P/c1-25(13-11-12-20-29-30-22-23-31-29)21-24-32(26-14-5-2-6-15-26,27-16-7-3-8-17-27)28-18-9-4-10-19-28/h2-10,14-19,25,29H,11-13,20-24H2,1H3/q+1. The van der Waals surface area contributed by atoms with E-state index in [9.17, 15) is 0 Å². The molecule has 0 spiro atoms. The van der Waals surface area contributed by atoms with Crippen molar-refractivity contribution in [1.82, 2.24) is 0 Å². The maximum atomic E-state index is 5.58. The molecule has 0 saturated carbocycles. The van der Waals surface area contributed by atoms with E-state index >= 15 is 0 Å². The Morgan fingerprint density at radius 2 is 1.16 bits per heavy atom. The van der Waals surface area contributed by atoms with Gasteiger partial charge in [-0.25, -0.2) is 0 Å². The van der Waals surface area contributed by atoms with Crippen LogP contribution in [0.2, 0.25) is 0 Å². The van der Waals surface area contributed by atoms with Gasteiger partial charge in [0, 0.05) is 0 Å². The fourth-order valence-electron chi connectivity index (χ4n) is 4.82. The smallest absolute Gasteiger partial charge is 0.157 e. The minimum absolute atomic E-state index is 0.0399. The highest BCUT2D eigenvalue weighted by Gasteiger charge is 2.44. The van der Waals surface area contributed by atoms with Crippen LogP contribution in [-0.4, -0.2) is 25.7 Å². The Labute approximate surface area is 194 Å². The van der Waals surface area contributed by atoms with Gasteiger partial charge in [0.2, 0.25) is 0 Å². The van der Waals surface area contributed by atoms with E-state index < -0.39 is 7.26 Å². The highest BCUT2D eigenvalue weighted by molar-refractivity contribution is 7.95. The van der Waals surface area contributed by atoms with Crippen LogP contribution >= 0.6 is 7.26 Å². The Morgan fingerprint density at radius 1 is 0.688 bits per heavy atom. The minimum atomic E-state index is -1.70. The minimum Gasteiger partial charge on any atom is -0.350 e. The highest BCUT2D eigenvalue weighted by Crippen LogP contribution is 2.56. The molecule has 0 aliphatic carbocycles. The van der Waals surface area contributed by atoms with Gasteiger partial charge in [-0.15, -0.1) is 0 Å². The van der Waals surface area contributed by atoms with Gasteiger partial charge in [-0.1, -0.05) is 74.4 Å². The summed E-state index contributed by atoms with van der Waals surface area (Å²) in [5.74, 6) is 0.705. The summed E-state index contributed by atoms with van der Waals surface area (Å²) in [6.45, 7) is 3.94. The van der Waals surface area contributed by atoms with Crippen LogP contribution in [0.15, 0.2) is 91.0 Å². The van der Waals surface area contributed by atoms with Crippen molar-refractivity contribution in [3.05, 3.63) is 91.0 Å². The van der Waals surface area contributed by atoms with E-state index in [4.69, 9.17) is 9.47 Å². The summed E-state index contributed by atoms with van der Waals surface area (Å²) in [4.78, 5) is 0. The average molecular weight is 448 g/mol. The van der Waals surface area contributed by atoms with E-state index in [2.05, 4.69) is 97.9 Å². The molecule has 3 aromatic rings. The molecule has 1 aliphatic heterocycles. The molecule has 3 heteroatoms. The molecule has 1 fully saturated rings. The topological polar surface area (TPSA) is 18.5 Å². The van der Waals surface area contributed by atoms with Crippen molar-refractivity contribution in [2.75, 3.05) is 19.4 Å². The number of hydrogen-bond donors (Lipinski definition) is 0. The van der Waals surface area contributed by atoms with E-state index in [0.717, 1.165) is 19.6 Å². The second-order valence-corrected chi connectivity index (χ2v) is 12.5. The third-order valence-corrected chi connectivity index (χ3v) is 11.1. The summed E-state index contributed by atoms with van der Waals surface area (Å²) in [6, 6.07) is 33.7. The van der Waals surface area contributed by atoms with Gasteiger partial charge in [-0.05, 0) is 61.6 Å². The third-order valence-electron chi connectivity index (χ3n) is 6.63. The van der Waals surface area contributed by atoms with E-state index in [0.29, 0.717) is 5.92 Å². The van der Waals surface area contributed by atoms with Gasteiger partial charge in [0.15, 0.2) is 6.29 Å².